The van der Waals surface area contributed by atoms with E-state index in [1.54, 1.807) is 0 Å². The van der Waals surface area contributed by atoms with Crippen LogP contribution in [0, 0.1) is 0 Å². The van der Waals surface area contributed by atoms with Crippen molar-refractivity contribution in [3.05, 3.63) is 12.2 Å². The highest BCUT2D eigenvalue weighted by Crippen LogP contribution is 2.17. The van der Waals surface area contributed by atoms with Crippen LogP contribution >= 0.6 is 0 Å². The van der Waals surface area contributed by atoms with Crippen LogP contribution in [0.25, 0.3) is 0 Å². The molecule has 1 unspecified atom stereocenters. The minimum Gasteiger partial charge on any atom is -0.379 e. The second kappa shape index (κ2) is 4.06. The van der Waals surface area contributed by atoms with Crippen LogP contribution < -0.4 is 5.32 Å². The van der Waals surface area contributed by atoms with Crippen molar-refractivity contribution in [1.82, 2.24) is 5.32 Å². The molecule has 2 heteroatoms. The molecule has 0 saturated carbocycles. The zero-order chi connectivity index (χ0) is 9.03. The standard InChI is InChI=1S/C10H19NO/c1-9(2)4-6-11-10(3)5-7-12-8-10/h11H,1,4-8H2,2-3H3. The molecule has 0 aromatic heterocycles. The van der Waals surface area contributed by atoms with Crippen molar-refractivity contribution in [3.63, 3.8) is 0 Å². The van der Waals surface area contributed by atoms with Crippen molar-refractivity contribution in [2.45, 2.75) is 32.2 Å². The molecular formula is C10H19NO. The van der Waals surface area contributed by atoms with Gasteiger partial charge in [0.25, 0.3) is 0 Å². The Kier molecular flexibility index (Phi) is 3.29. The number of hydrogen-bond donors (Lipinski definition) is 1. The average Bonchev–Trinajstić information content (AvgIpc) is 2.35. The summed E-state index contributed by atoms with van der Waals surface area (Å²) in [5.74, 6) is 0. The Labute approximate surface area is 75.0 Å². The number of ether oxygens (including phenoxy) is 1. The lowest BCUT2D eigenvalue weighted by Gasteiger charge is -2.23. The fraction of sp³-hybridized carbons (Fsp3) is 0.800. The van der Waals surface area contributed by atoms with Gasteiger partial charge in [-0.05, 0) is 33.2 Å². The Bertz CT molecular complexity index is 159. The molecule has 0 radical (unpaired) electrons. The molecule has 1 saturated heterocycles. The van der Waals surface area contributed by atoms with Crippen LogP contribution in [-0.4, -0.2) is 25.3 Å². The van der Waals surface area contributed by atoms with E-state index in [0.717, 1.165) is 32.6 Å². The van der Waals surface area contributed by atoms with Gasteiger partial charge in [0, 0.05) is 12.1 Å². The summed E-state index contributed by atoms with van der Waals surface area (Å²) < 4.78 is 5.33. The van der Waals surface area contributed by atoms with Gasteiger partial charge < -0.3 is 10.1 Å². The zero-order valence-corrected chi connectivity index (χ0v) is 8.15. The maximum Gasteiger partial charge on any atom is 0.0646 e. The van der Waals surface area contributed by atoms with Crippen molar-refractivity contribution in [2.24, 2.45) is 0 Å². The van der Waals surface area contributed by atoms with E-state index in [2.05, 4.69) is 25.7 Å². The average molecular weight is 169 g/mol. The SMILES string of the molecule is C=C(C)CCNC1(C)CCOC1. The highest BCUT2D eigenvalue weighted by molar-refractivity contribution is 4.92. The van der Waals surface area contributed by atoms with Gasteiger partial charge in [-0.1, -0.05) is 5.57 Å². The van der Waals surface area contributed by atoms with Crippen molar-refractivity contribution in [1.29, 1.82) is 0 Å². The third kappa shape index (κ3) is 2.95. The maximum atomic E-state index is 5.33. The van der Waals surface area contributed by atoms with Crippen LogP contribution in [0.4, 0.5) is 0 Å². The summed E-state index contributed by atoms with van der Waals surface area (Å²) in [4.78, 5) is 0. The van der Waals surface area contributed by atoms with E-state index in [1.807, 2.05) is 0 Å². The maximum absolute atomic E-state index is 5.33. The number of nitrogens with one attached hydrogen (secondary N) is 1. The second-order valence-corrected chi connectivity index (χ2v) is 4.00. The molecule has 70 valence electrons. The summed E-state index contributed by atoms with van der Waals surface area (Å²) in [6.07, 6.45) is 2.19. The predicted molar refractivity (Wildman–Crippen MR) is 51.3 cm³/mol. The molecule has 0 bridgehead atoms. The molecule has 1 heterocycles. The van der Waals surface area contributed by atoms with Gasteiger partial charge >= 0.3 is 0 Å². The van der Waals surface area contributed by atoms with E-state index < -0.39 is 0 Å². The van der Waals surface area contributed by atoms with E-state index in [-0.39, 0.29) is 5.54 Å². The third-order valence-electron chi connectivity index (χ3n) is 2.32. The van der Waals surface area contributed by atoms with Gasteiger partial charge in [-0.2, -0.15) is 0 Å². The first-order chi connectivity index (χ1) is 5.62. The molecule has 0 aromatic carbocycles. The summed E-state index contributed by atoms with van der Waals surface area (Å²) in [5, 5.41) is 3.50. The molecule has 0 amide bonds. The summed E-state index contributed by atoms with van der Waals surface area (Å²) in [7, 11) is 0. The van der Waals surface area contributed by atoms with E-state index >= 15 is 0 Å². The molecule has 1 atom stereocenters. The zero-order valence-electron chi connectivity index (χ0n) is 8.15. The lowest BCUT2D eigenvalue weighted by atomic mass is 10.0. The van der Waals surface area contributed by atoms with E-state index in [4.69, 9.17) is 4.74 Å². The molecule has 0 aliphatic carbocycles. The molecule has 1 aliphatic rings. The van der Waals surface area contributed by atoms with Crippen LogP contribution in [-0.2, 0) is 4.74 Å². The third-order valence-corrected chi connectivity index (χ3v) is 2.32. The molecule has 1 fully saturated rings. The van der Waals surface area contributed by atoms with Gasteiger partial charge in [0.2, 0.25) is 0 Å². The Morgan fingerprint density at radius 3 is 2.92 bits per heavy atom. The van der Waals surface area contributed by atoms with Crippen LogP contribution in [0.15, 0.2) is 12.2 Å². The highest BCUT2D eigenvalue weighted by atomic mass is 16.5. The molecule has 12 heavy (non-hydrogen) atoms. The van der Waals surface area contributed by atoms with Crippen molar-refractivity contribution in [2.75, 3.05) is 19.8 Å². The van der Waals surface area contributed by atoms with Crippen molar-refractivity contribution >= 4 is 0 Å². The molecule has 2 nitrogen and oxygen atoms in total. The summed E-state index contributed by atoms with van der Waals surface area (Å²) >= 11 is 0. The fourth-order valence-electron chi connectivity index (χ4n) is 1.38. The molecule has 1 rings (SSSR count). The minimum absolute atomic E-state index is 0.218. The first-order valence-corrected chi connectivity index (χ1v) is 4.60. The highest BCUT2D eigenvalue weighted by Gasteiger charge is 2.28. The minimum atomic E-state index is 0.218. The predicted octanol–water partition coefficient (Wildman–Crippen LogP) is 1.72. The van der Waals surface area contributed by atoms with Crippen LogP contribution in [0.3, 0.4) is 0 Å². The molecule has 1 aliphatic heterocycles. The van der Waals surface area contributed by atoms with E-state index in [0.29, 0.717) is 0 Å². The molecule has 0 aromatic rings. The quantitative estimate of drug-likeness (QED) is 0.647. The lowest BCUT2D eigenvalue weighted by Crippen LogP contribution is -2.43. The topological polar surface area (TPSA) is 21.3 Å². The Hall–Kier alpha value is -0.340. The molecule has 0 spiro atoms. The Morgan fingerprint density at radius 2 is 2.42 bits per heavy atom. The lowest BCUT2D eigenvalue weighted by molar-refractivity contribution is 0.172. The Morgan fingerprint density at radius 1 is 1.67 bits per heavy atom. The summed E-state index contributed by atoms with van der Waals surface area (Å²) in [6, 6.07) is 0. The van der Waals surface area contributed by atoms with Gasteiger partial charge in [0.1, 0.15) is 0 Å². The molecular weight excluding hydrogens is 150 g/mol. The fourth-order valence-corrected chi connectivity index (χ4v) is 1.38. The first-order valence-electron chi connectivity index (χ1n) is 4.60. The van der Waals surface area contributed by atoms with E-state index in [1.165, 1.54) is 5.57 Å². The summed E-state index contributed by atoms with van der Waals surface area (Å²) in [5.41, 5.74) is 1.46. The van der Waals surface area contributed by atoms with Crippen LogP contribution in [0.5, 0.6) is 0 Å². The summed E-state index contributed by atoms with van der Waals surface area (Å²) in [6.45, 7) is 10.9. The van der Waals surface area contributed by atoms with Gasteiger partial charge in [0.15, 0.2) is 0 Å². The molecule has 1 N–H and O–H groups in total. The Balaban J connectivity index is 2.17. The van der Waals surface area contributed by atoms with Crippen molar-refractivity contribution < 1.29 is 4.74 Å². The normalized spacial score (nSPS) is 29.2. The number of rotatable bonds is 4. The van der Waals surface area contributed by atoms with Gasteiger partial charge in [-0.15, -0.1) is 6.58 Å². The largest absolute Gasteiger partial charge is 0.379 e. The van der Waals surface area contributed by atoms with Crippen LogP contribution in [0.1, 0.15) is 26.7 Å². The second-order valence-electron chi connectivity index (χ2n) is 4.00. The van der Waals surface area contributed by atoms with Gasteiger partial charge in [0.05, 0.1) is 6.61 Å². The van der Waals surface area contributed by atoms with Gasteiger partial charge in [-0.3, -0.25) is 0 Å². The number of hydrogen-bond acceptors (Lipinski definition) is 2. The van der Waals surface area contributed by atoms with Crippen LogP contribution in [0.2, 0.25) is 0 Å². The van der Waals surface area contributed by atoms with E-state index in [9.17, 15) is 0 Å². The smallest absolute Gasteiger partial charge is 0.0646 e. The van der Waals surface area contributed by atoms with Gasteiger partial charge in [-0.25, -0.2) is 0 Å². The monoisotopic (exact) mass is 169 g/mol. The first kappa shape index (κ1) is 9.75. The van der Waals surface area contributed by atoms with Crippen molar-refractivity contribution in [3.8, 4) is 0 Å².